The van der Waals surface area contributed by atoms with Crippen LogP contribution >= 0.6 is 0 Å². The van der Waals surface area contributed by atoms with Gasteiger partial charge < -0.3 is 20.1 Å². The van der Waals surface area contributed by atoms with E-state index in [1.54, 1.807) is 0 Å². The van der Waals surface area contributed by atoms with Gasteiger partial charge in [0.25, 0.3) is 0 Å². The lowest BCUT2D eigenvalue weighted by Crippen LogP contribution is -2.38. The number of fused-ring (bicyclic) bond motifs is 3. The number of rotatable bonds is 10. The molecule has 2 unspecified atom stereocenters. The molecule has 2 N–H and O–H groups in total. The van der Waals surface area contributed by atoms with Crippen molar-refractivity contribution in [3.63, 3.8) is 0 Å². The van der Waals surface area contributed by atoms with Gasteiger partial charge in [-0.25, -0.2) is 4.79 Å². The zero-order chi connectivity index (χ0) is 24.8. The fraction of sp³-hybridized carbons (Fsp3) is 0.464. The monoisotopic (exact) mass is 478 g/mol. The molecule has 1 fully saturated rings. The average molecular weight is 479 g/mol. The predicted molar refractivity (Wildman–Crippen MR) is 133 cm³/mol. The molecule has 0 heterocycles. The largest absolute Gasteiger partial charge is 0.481 e. The highest BCUT2D eigenvalue weighted by atomic mass is 16.5. The molecular formula is C28H34N2O5. The number of ether oxygens (including phenoxy) is 1. The summed E-state index contributed by atoms with van der Waals surface area (Å²) in [6.07, 6.45) is 3.02. The van der Waals surface area contributed by atoms with Crippen molar-refractivity contribution in [1.29, 1.82) is 0 Å². The van der Waals surface area contributed by atoms with Gasteiger partial charge in [0.2, 0.25) is 5.91 Å². The maximum Gasteiger partial charge on any atom is 0.407 e. The van der Waals surface area contributed by atoms with Crippen LogP contribution in [-0.4, -0.2) is 53.7 Å². The zero-order valence-corrected chi connectivity index (χ0v) is 20.2. The van der Waals surface area contributed by atoms with Crippen molar-refractivity contribution in [2.45, 2.75) is 57.4 Å². The first-order valence-corrected chi connectivity index (χ1v) is 12.6. The minimum absolute atomic E-state index is 0.0188. The number of carbonyl (C=O) groups excluding carboxylic acids is 2. The smallest absolute Gasteiger partial charge is 0.407 e. The maximum atomic E-state index is 12.9. The number of hydrogen-bond donors (Lipinski definition) is 2. The Labute approximate surface area is 206 Å². The Hall–Kier alpha value is -3.35. The van der Waals surface area contributed by atoms with Gasteiger partial charge in [-0.3, -0.25) is 9.59 Å². The van der Waals surface area contributed by atoms with E-state index in [1.807, 2.05) is 36.1 Å². The molecule has 0 spiro atoms. The molecule has 7 heteroatoms. The first-order chi connectivity index (χ1) is 17.0. The Balaban J connectivity index is 1.25. The number of alkyl carbamates (subject to hydrolysis) is 1. The second-order valence-electron chi connectivity index (χ2n) is 9.45. The van der Waals surface area contributed by atoms with E-state index in [-0.39, 0.29) is 36.8 Å². The van der Waals surface area contributed by atoms with Crippen molar-refractivity contribution in [2.24, 2.45) is 5.92 Å². The molecule has 2 aliphatic carbocycles. The first kappa shape index (κ1) is 24.8. The molecular weight excluding hydrogens is 444 g/mol. The number of hydrogen-bond acceptors (Lipinski definition) is 4. The van der Waals surface area contributed by atoms with Crippen LogP contribution in [0.1, 0.15) is 62.5 Å². The number of nitrogens with one attached hydrogen (secondary N) is 1. The molecule has 1 saturated carbocycles. The van der Waals surface area contributed by atoms with Crippen LogP contribution in [0.15, 0.2) is 48.5 Å². The number of benzene rings is 2. The van der Waals surface area contributed by atoms with Crippen LogP contribution in [0.4, 0.5) is 4.79 Å². The molecule has 0 bridgehead atoms. The van der Waals surface area contributed by atoms with Crippen molar-refractivity contribution < 1.29 is 24.2 Å². The Morgan fingerprint density at radius 3 is 2.29 bits per heavy atom. The normalized spacial score (nSPS) is 18.5. The first-order valence-electron chi connectivity index (χ1n) is 12.6. The van der Waals surface area contributed by atoms with Gasteiger partial charge in [-0.05, 0) is 61.3 Å². The van der Waals surface area contributed by atoms with Gasteiger partial charge in [0, 0.05) is 37.4 Å². The summed E-state index contributed by atoms with van der Waals surface area (Å²) < 4.78 is 5.66. The van der Waals surface area contributed by atoms with Crippen molar-refractivity contribution in [3.8, 4) is 11.1 Å². The summed E-state index contributed by atoms with van der Waals surface area (Å²) in [7, 11) is 0. The van der Waals surface area contributed by atoms with Crippen molar-refractivity contribution in [3.05, 3.63) is 59.7 Å². The zero-order valence-electron chi connectivity index (χ0n) is 20.2. The summed E-state index contributed by atoms with van der Waals surface area (Å²) in [5.74, 6) is -0.810. The van der Waals surface area contributed by atoms with Gasteiger partial charge in [0.1, 0.15) is 6.61 Å². The molecule has 4 rings (SSSR count). The number of aliphatic carboxylic acids is 1. The third-order valence-corrected chi connectivity index (χ3v) is 7.21. The van der Waals surface area contributed by atoms with Crippen LogP contribution in [0.3, 0.4) is 0 Å². The van der Waals surface area contributed by atoms with Crippen LogP contribution in [0.25, 0.3) is 11.1 Å². The predicted octanol–water partition coefficient (Wildman–Crippen LogP) is 4.80. The Morgan fingerprint density at radius 2 is 1.66 bits per heavy atom. The van der Waals surface area contributed by atoms with Gasteiger partial charge in [-0.1, -0.05) is 48.5 Å². The minimum atomic E-state index is -0.808. The van der Waals surface area contributed by atoms with E-state index in [0.717, 1.165) is 12.8 Å². The van der Waals surface area contributed by atoms with Gasteiger partial charge in [0.05, 0.1) is 0 Å². The summed E-state index contributed by atoms with van der Waals surface area (Å²) >= 11 is 0. The summed E-state index contributed by atoms with van der Waals surface area (Å²) in [6.45, 7) is 3.39. The SMILES string of the molecule is CCN(CCCCC(=O)O)C(=O)C1CCC(NC(=O)OCC2c3ccccc3-c3ccccc32)C1. The van der Waals surface area contributed by atoms with E-state index in [4.69, 9.17) is 9.84 Å². The number of carboxylic acids is 1. The Kier molecular flexibility index (Phi) is 8.06. The molecule has 0 aromatic heterocycles. The van der Waals surface area contributed by atoms with Gasteiger partial charge in [0.15, 0.2) is 0 Å². The highest BCUT2D eigenvalue weighted by molar-refractivity contribution is 5.80. The fourth-order valence-electron chi connectivity index (χ4n) is 5.40. The molecule has 2 aromatic rings. The summed E-state index contributed by atoms with van der Waals surface area (Å²) in [5.41, 5.74) is 4.74. The molecule has 2 aliphatic rings. The number of nitrogens with zero attached hydrogens (tertiary/aromatic N) is 1. The van der Waals surface area contributed by atoms with E-state index in [0.29, 0.717) is 32.4 Å². The van der Waals surface area contributed by atoms with Crippen molar-refractivity contribution in [2.75, 3.05) is 19.7 Å². The number of unbranched alkanes of at least 4 members (excludes halogenated alkanes) is 1. The molecule has 186 valence electrons. The molecule has 0 saturated heterocycles. The minimum Gasteiger partial charge on any atom is -0.481 e. The molecule has 2 atom stereocenters. The standard InChI is InChI=1S/C28H34N2O5/c1-2-30(16-8-7-13-26(31)32)27(33)19-14-15-20(17-19)29-28(34)35-18-25-23-11-5-3-9-21(23)22-10-4-6-12-24(22)25/h3-6,9-12,19-20,25H,2,7-8,13-18H2,1H3,(H,29,34)(H,31,32). The second kappa shape index (κ2) is 11.4. The molecule has 2 amide bonds. The van der Waals surface area contributed by atoms with Crippen LogP contribution in [-0.2, 0) is 14.3 Å². The molecule has 0 aliphatic heterocycles. The topological polar surface area (TPSA) is 95.9 Å². The average Bonchev–Trinajstić information content (AvgIpc) is 3.45. The van der Waals surface area contributed by atoms with Crippen LogP contribution in [0.5, 0.6) is 0 Å². The van der Waals surface area contributed by atoms with Gasteiger partial charge in [-0.15, -0.1) is 0 Å². The summed E-state index contributed by atoms with van der Waals surface area (Å²) in [4.78, 5) is 38.0. The van der Waals surface area contributed by atoms with E-state index < -0.39 is 12.1 Å². The molecule has 2 aromatic carbocycles. The molecule has 7 nitrogen and oxygen atoms in total. The lowest BCUT2D eigenvalue weighted by Gasteiger charge is -2.24. The summed E-state index contributed by atoms with van der Waals surface area (Å²) in [5, 5.41) is 11.7. The lowest BCUT2D eigenvalue weighted by atomic mass is 9.98. The highest BCUT2D eigenvalue weighted by Crippen LogP contribution is 2.44. The van der Waals surface area contributed by atoms with E-state index >= 15 is 0 Å². The van der Waals surface area contributed by atoms with Crippen molar-refractivity contribution in [1.82, 2.24) is 10.2 Å². The molecule has 0 radical (unpaired) electrons. The number of carboxylic acid groups (broad SMARTS) is 1. The number of carbonyl (C=O) groups is 3. The van der Waals surface area contributed by atoms with Gasteiger partial charge in [-0.2, -0.15) is 0 Å². The molecule has 35 heavy (non-hydrogen) atoms. The van der Waals surface area contributed by atoms with Crippen LogP contribution < -0.4 is 5.32 Å². The highest BCUT2D eigenvalue weighted by Gasteiger charge is 2.34. The quantitative estimate of drug-likeness (QED) is 0.479. The summed E-state index contributed by atoms with van der Waals surface area (Å²) in [6, 6.07) is 16.4. The van der Waals surface area contributed by atoms with Crippen LogP contribution in [0.2, 0.25) is 0 Å². The lowest BCUT2D eigenvalue weighted by molar-refractivity contribution is -0.137. The third-order valence-electron chi connectivity index (χ3n) is 7.21. The fourth-order valence-corrected chi connectivity index (χ4v) is 5.40. The van der Waals surface area contributed by atoms with E-state index in [9.17, 15) is 14.4 Å². The van der Waals surface area contributed by atoms with E-state index in [1.165, 1.54) is 22.3 Å². The van der Waals surface area contributed by atoms with Crippen LogP contribution in [0, 0.1) is 5.92 Å². The van der Waals surface area contributed by atoms with Crippen molar-refractivity contribution >= 4 is 18.0 Å². The van der Waals surface area contributed by atoms with Gasteiger partial charge >= 0.3 is 12.1 Å². The number of amides is 2. The Bertz CT molecular complexity index is 1020. The van der Waals surface area contributed by atoms with E-state index in [2.05, 4.69) is 29.6 Å². The second-order valence-corrected chi connectivity index (χ2v) is 9.45. The Morgan fingerprint density at radius 1 is 1.00 bits per heavy atom. The third kappa shape index (κ3) is 5.84. The maximum absolute atomic E-state index is 12.9.